The Hall–Kier alpha value is -2.69. The summed E-state index contributed by atoms with van der Waals surface area (Å²) in [5, 5.41) is 5.69. The van der Waals surface area contributed by atoms with Crippen LogP contribution in [-0.4, -0.2) is 17.9 Å². The van der Waals surface area contributed by atoms with Crippen molar-refractivity contribution in [2.75, 3.05) is 5.32 Å². The molecule has 0 aliphatic carbocycles. The first-order chi connectivity index (χ1) is 12.0. The van der Waals surface area contributed by atoms with Gasteiger partial charge in [0, 0.05) is 12.5 Å². The molecule has 4 nitrogen and oxygen atoms in total. The smallest absolute Gasteiger partial charge is 0.253 e. The highest BCUT2D eigenvalue weighted by Gasteiger charge is 2.14. The predicted molar refractivity (Wildman–Crippen MR) is 97.0 cm³/mol. The van der Waals surface area contributed by atoms with Crippen molar-refractivity contribution < 1.29 is 14.0 Å². The Balaban J connectivity index is 1.98. The fraction of sp³-hybridized carbons (Fsp3) is 0.300. The van der Waals surface area contributed by atoms with Gasteiger partial charge in [-0.15, -0.1) is 0 Å². The molecule has 2 aromatic carbocycles. The highest BCUT2D eigenvalue weighted by molar-refractivity contribution is 6.03. The van der Waals surface area contributed by atoms with E-state index < -0.39 is 0 Å². The SMILES string of the molecule is CC[C@@H](C)NC(=O)c1ccccc1NC(=O)CCc1ccc(F)cc1. The molecule has 0 fully saturated rings. The van der Waals surface area contributed by atoms with Crippen molar-refractivity contribution in [3.8, 4) is 0 Å². The molecular weight excluding hydrogens is 319 g/mol. The van der Waals surface area contributed by atoms with Gasteiger partial charge >= 0.3 is 0 Å². The van der Waals surface area contributed by atoms with E-state index in [1.54, 1.807) is 36.4 Å². The summed E-state index contributed by atoms with van der Waals surface area (Å²) in [6.45, 7) is 3.93. The number of carbonyl (C=O) groups is 2. The van der Waals surface area contributed by atoms with Crippen LogP contribution in [0.3, 0.4) is 0 Å². The van der Waals surface area contributed by atoms with Crippen LogP contribution >= 0.6 is 0 Å². The molecule has 0 aliphatic heterocycles. The second-order valence-corrected chi connectivity index (χ2v) is 6.00. The van der Waals surface area contributed by atoms with Gasteiger partial charge < -0.3 is 10.6 Å². The molecule has 2 rings (SSSR count). The second-order valence-electron chi connectivity index (χ2n) is 6.00. The Morgan fingerprint density at radius 3 is 2.44 bits per heavy atom. The summed E-state index contributed by atoms with van der Waals surface area (Å²) in [7, 11) is 0. The molecule has 0 unspecified atom stereocenters. The van der Waals surface area contributed by atoms with Crippen LogP contribution in [0.1, 0.15) is 42.6 Å². The number of aryl methyl sites for hydroxylation is 1. The van der Waals surface area contributed by atoms with Gasteiger partial charge in [-0.2, -0.15) is 0 Å². The zero-order valence-electron chi connectivity index (χ0n) is 14.5. The first-order valence-electron chi connectivity index (χ1n) is 8.43. The Kier molecular flexibility index (Phi) is 6.69. The van der Waals surface area contributed by atoms with E-state index in [2.05, 4.69) is 10.6 Å². The van der Waals surface area contributed by atoms with Crippen LogP contribution in [0.2, 0.25) is 0 Å². The number of anilines is 1. The number of hydrogen-bond donors (Lipinski definition) is 2. The van der Waals surface area contributed by atoms with E-state index >= 15 is 0 Å². The van der Waals surface area contributed by atoms with Crippen molar-refractivity contribution in [2.45, 2.75) is 39.2 Å². The number of halogens is 1. The Bertz CT molecular complexity index is 729. The maximum Gasteiger partial charge on any atom is 0.253 e. The van der Waals surface area contributed by atoms with Crippen molar-refractivity contribution in [2.24, 2.45) is 0 Å². The third kappa shape index (κ3) is 5.71. The van der Waals surface area contributed by atoms with Crippen LogP contribution in [0.4, 0.5) is 10.1 Å². The minimum absolute atomic E-state index is 0.0646. The quantitative estimate of drug-likeness (QED) is 0.801. The first kappa shape index (κ1) is 18.6. The topological polar surface area (TPSA) is 58.2 Å². The summed E-state index contributed by atoms with van der Waals surface area (Å²) in [5.74, 6) is -0.689. The molecule has 0 aromatic heterocycles. The summed E-state index contributed by atoms with van der Waals surface area (Å²) in [6, 6.07) is 13.1. The van der Waals surface area contributed by atoms with Crippen molar-refractivity contribution in [3.63, 3.8) is 0 Å². The van der Waals surface area contributed by atoms with Gasteiger partial charge in [0.2, 0.25) is 5.91 Å². The molecule has 0 heterocycles. The zero-order chi connectivity index (χ0) is 18.2. The molecule has 0 aliphatic rings. The Morgan fingerprint density at radius 2 is 1.76 bits per heavy atom. The van der Waals surface area contributed by atoms with Crippen LogP contribution in [0.25, 0.3) is 0 Å². The van der Waals surface area contributed by atoms with Gasteiger partial charge in [0.1, 0.15) is 5.82 Å². The maximum atomic E-state index is 12.9. The number of amides is 2. The molecule has 0 radical (unpaired) electrons. The molecule has 0 spiro atoms. The van der Waals surface area contributed by atoms with Crippen molar-refractivity contribution in [1.29, 1.82) is 0 Å². The van der Waals surface area contributed by atoms with Gasteiger partial charge in [0.15, 0.2) is 0 Å². The van der Waals surface area contributed by atoms with E-state index in [0.29, 0.717) is 17.7 Å². The lowest BCUT2D eigenvalue weighted by Gasteiger charge is -2.14. The van der Waals surface area contributed by atoms with E-state index in [1.807, 2.05) is 13.8 Å². The van der Waals surface area contributed by atoms with Crippen molar-refractivity contribution in [1.82, 2.24) is 5.32 Å². The fourth-order valence-electron chi connectivity index (χ4n) is 2.32. The molecule has 0 saturated carbocycles. The Morgan fingerprint density at radius 1 is 1.08 bits per heavy atom. The molecule has 132 valence electrons. The van der Waals surface area contributed by atoms with Gasteiger partial charge in [0.25, 0.3) is 5.91 Å². The highest BCUT2D eigenvalue weighted by atomic mass is 19.1. The summed E-state index contributed by atoms with van der Waals surface area (Å²) < 4.78 is 12.9. The highest BCUT2D eigenvalue weighted by Crippen LogP contribution is 2.16. The largest absolute Gasteiger partial charge is 0.350 e. The number of nitrogens with one attached hydrogen (secondary N) is 2. The Labute approximate surface area is 147 Å². The van der Waals surface area contributed by atoms with Crippen molar-refractivity contribution in [3.05, 3.63) is 65.5 Å². The maximum absolute atomic E-state index is 12.9. The lowest BCUT2D eigenvalue weighted by atomic mass is 10.1. The monoisotopic (exact) mass is 342 g/mol. The zero-order valence-corrected chi connectivity index (χ0v) is 14.5. The number of hydrogen-bond acceptors (Lipinski definition) is 2. The third-order valence-corrected chi connectivity index (χ3v) is 3.99. The van der Waals surface area contributed by atoms with E-state index in [-0.39, 0.29) is 30.1 Å². The molecular formula is C20H23FN2O2. The number of rotatable bonds is 7. The number of benzene rings is 2. The number of para-hydroxylation sites is 1. The predicted octanol–water partition coefficient (Wildman–Crippen LogP) is 3.93. The summed E-state index contributed by atoms with van der Waals surface area (Å²) >= 11 is 0. The average molecular weight is 342 g/mol. The van der Waals surface area contributed by atoms with Crippen molar-refractivity contribution >= 4 is 17.5 Å². The lowest BCUT2D eigenvalue weighted by molar-refractivity contribution is -0.116. The fourth-order valence-corrected chi connectivity index (χ4v) is 2.32. The van der Waals surface area contributed by atoms with Crippen LogP contribution in [0, 0.1) is 5.82 Å². The minimum Gasteiger partial charge on any atom is -0.350 e. The standard InChI is InChI=1S/C20H23FN2O2/c1-3-14(2)22-20(25)17-6-4-5-7-18(17)23-19(24)13-10-15-8-11-16(21)12-9-15/h4-9,11-12,14H,3,10,13H2,1-2H3,(H,22,25)(H,23,24)/t14-/m1/s1. The second kappa shape index (κ2) is 8.97. The van der Waals surface area contributed by atoms with Crippen LogP contribution < -0.4 is 10.6 Å². The summed E-state index contributed by atoms with van der Waals surface area (Å²) in [6.07, 6.45) is 1.60. The molecule has 0 saturated heterocycles. The van der Waals surface area contributed by atoms with Crippen LogP contribution in [0.15, 0.2) is 48.5 Å². The van der Waals surface area contributed by atoms with E-state index in [4.69, 9.17) is 0 Å². The van der Waals surface area contributed by atoms with Gasteiger partial charge in [-0.1, -0.05) is 31.2 Å². The third-order valence-electron chi connectivity index (χ3n) is 3.99. The first-order valence-corrected chi connectivity index (χ1v) is 8.43. The summed E-state index contributed by atoms with van der Waals surface area (Å²) in [4.78, 5) is 24.5. The van der Waals surface area contributed by atoms with Crippen LogP contribution in [0.5, 0.6) is 0 Å². The molecule has 1 atom stereocenters. The molecule has 2 amide bonds. The van der Waals surface area contributed by atoms with E-state index in [0.717, 1.165) is 12.0 Å². The lowest BCUT2D eigenvalue weighted by Crippen LogP contribution is -2.32. The molecule has 0 bridgehead atoms. The normalized spacial score (nSPS) is 11.6. The number of carbonyl (C=O) groups excluding carboxylic acids is 2. The molecule has 5 heteroatoms. The average Bonchev–Trinajstić information content (AvgIpc) is 2.61. The summed E-state index contributed by atoms with van der Waals surface area (Å²) in [5.41, 5.74) is 1.82. The minimum atomic E-state index is -0.297. The van der Waals surface area contributed by atoms with Gasteiger partial charge in [-0.3, -0.25) is 9.59 Å². The molecule has 2 N–H and O–H groups in total. The van der Waals surface area contributed by atoms with E-state index in [1.165, 1.54) is 12.1 Å². The van der Waals surface area contributed by atoms with Gasteiger partial charge in [0.05, 0.1) is 11.3 Å². The molecule has 2 aromatic rings. The van der Waals surface area contributed by atoms with Gasteiger partial charge in [-0.25, -0.2) is 4.39 Å². The molecule has 25 heavy (non-hydrogen) atoms. The van der Waals surface area contributed by atoms with Gasteiger partial charge in [-0.05, 0) is 49.6 Å². The van der Waals surface area contributed by atoms with E-state index in [9.17, 15) is 14.0 Å². The van der Waals surface area contributed by atoms with Crippen LogP contribution in [-0.2, 0) is 11.2 Å².